The first-order valence-electron chi connectivity index (χ1n) is 11.4. The third-order valence-electron chi connectivity index (χ3n) is 6.59. The number of anilines is 1. The quantitative estimate of drug-likeness (QED) is 0.679. The van der Waals surface area contributed by atoms with E-state index in [4.69, 9.17) is 20.6 Å². The van der Waals surface area contributed by atoms with E-state index in [9.17, 15) is 4.79 Å². The van der Waals surface area contributed by atoms with Crippen LogP contribution in [-0.2, 0) is 0 Å². The molecule has 2 fully saturated rings. The molecule has 0 spiro atoms. The molecular weight excluding hydrogens is 404 g/mol. The maximum absolute atomic E-state index is 13.5. The number of rotatable bonds is 4. The van der Waals surface area contributed by atoms with E-state index in [-0.39, 0.29) is 18.0 Å². The lowest BCUT2D eigenvalue weighted by Crippen LogP contribution is -2.38. The monoisotopic (exact) mass is 434 g/mol. The van der Waals surface area contributed by atoms with Crippen molar-refractivity contribution < 1.29 is 9.53 Å². The Labute approximate surface area is 188 Å². The number of carbonyl (C=O) groups excluding carboxylic acids is 1. The molecule has 2 aliphatic rings. The van der Waals surface area contributed by atoms with E-state index in [0.717, 1.165) is 61.5 Å². The molecule has 0 aliphatic carbocycles. The number of aryl methyl sites for hydroxylation is 1. The zero-order valence-corrected chi connectivity index (χ0v) is 18.7. The number of hydrogen-bond donors (Lipinski definition) is 1. The molecule has 8 heteroatoms. The Morgan fingerprint density at radius 2 is 2.03 bits per heavy atom. The summed E-state index contributed by atoms with van der Waals surface area (Å²) in [7, 11) is 1.60. The largest absolute Gasteiger partial charge is 0.496 e. The van der Waals surface area contributed by atoms with E-state index < -0.39 is 0 Å². The highest BCUT2D eigenvalue weighted by Gasteiger charge is 2.32. The van der Waals surface area contributed by atoms with Gasteiger partial charge in [-0.25, -0.2) is 9.50 Å². The van der Waals surface area contributed by atoms with Crippen LogP contribution in [0.3, 0.4) is 0 Å². The van der Waals surface area contributed by atoms with Crippen molar-refractivity contribution in [3.05, 3.63) is 53.3 Å². The third kappa shape index (κ3) is 3.68. The van der Waals surface area contributed by atoms with Gasteiger partial charge in [-0.05, 0) is 44.7 Å². The predicted octanol–water partition coefficient (Wildman–Crippen LogP) is 2.95. The summed E-state index contributed by atoms with van der Waals surface area (Å²) in [4.78, 5) is 22.6. The average Bonchev–Trinajstić information content (AvgIpc) is 3.43. The Balaban J connectivity index is 1.48. The van der Waals surface area contributed by atoms with Gasteiger partial charge in [-0.3, -0.25) is 4.79 Å². The Hall–Kier alpha value is -3.13. The van der Waals surface area contributed by atoms with E-state index in [1.54, 1.807) is 7.11 Å². The molecule has 2 N–H and O–H groups in total. The van der Waals surface area contributed by atoms with Crippen LogP contribution in [0.25, 0.3) is 5.65 Å². The molecular formula is C24H30N6O2. The van der Waals surface area contributed by atoms with Gasteiger partial charge in [0.25, 0.3) is 5.91 Å². The van der Waals surface area contributed by atoms with Gasteiger partial charge < -0.3 is 20.3 Å². The van der Waals surface area contributed by atoms with Crippen molar-refractivity contribution in [1.29, 1.82) is 0 Å². The van der Waals surface area contributed by atoms with Crippen LogP contribution in [0.2, 0.25) is 0 Å². The van der Waals surface area contributed by atoms with Crippen LogP contribution < -0.4 is 15.4 Å². The van der Waals surface area contributed by atoms with Crippen molar-refractivity contribution >= 4 is 17.4 Å². The maximum Gasteiger partial charge on any atom is 0.258 e. The normalized spacial score (nSPS) is 21.3. The molecule has 3 aromatic rings. The van der Waals surface area contributed by atoms with Crippen molar-refractivity contribution in [1.82, 2.24) is 19.5 Å². The van der Waals surface area contributed by atoms with Crippen LogP contribution in [0.15, 0.2) is 36.5 Å². The summed E-state index contributed by atoms with van der Waals surface area (Å²) in [5.74, 6) is 1.56. The number of methoxy groups -OCH3 is 1. The number of amides is 1. The molecule has 0 bridgehead atoms. The zero-order chi connectivity index (χ0) is 22.2. The van der Waals surface area contributed by atoms with Crippen molar-refractivity contribution in [2.45, 2.75) is 44.7 Å². The lowest BCUT2D eigenvalue weighted by atomic mass is 9.98. The van der Waals surface area contributed by atoms with Gasteiger partial charge in [0.2, 0.25) is 0 Å². The summed E-state index contributed by atoms with van der Waals surface area (Å²) in [5, 5.41) is 4.83. The highest BCUT2D eigenvalue weighted by molar-refractivity contribution is 5.97. The number of aromatic nitrogens is 3. The summed E-state index contributed by atoms with van der Waals surface area (Å²) >= 11 is 0. The van der Waals surface area contributed by atoms with E-state index in [2.05, 4.69) is 11.8 Å². The first-order valence-corrected chi connectivity index (χ1v) is 11.4. The lowest BCUT2D eigenvalue weighted by molar-refractivity contribution is 0.0602. The minimum Gasteiger partial charge on any atom is -0.496 e. The molecule has 2 aliphatic heterocycles. The van der Waals surface area contributed by atoms with Crippen LogP contribution >= 0.6 is 0 Å². The fourth-order valence-corrected chi connectivity index (χ4v) is 4.94. The minimum atomic E-state index is -0.0770. The van der Waals surface area contributed by atoms with Gasteiger partial charge in [0.1, 0.15) is 11.6 Å². The number of nitrogens with two attached hydrogens (primary N) is 1. The molecule has 5 rings (SSSR count). The molecule has 2 atom stereocenters. The second-order valence-electron chi connectivity index (χ2n) is 8.82. The topological polar surface area (TPSA) is 89.0 Å². The van der Waals surface area contributed by atoms with E-state index >= 15 is 0 Å². The minimum absolute atomic E-state index is 0.0138. The van der Waals surface area contributed by atoms with Crippen molar-refractivity contribution in [2.24, 2.45) is 5.73 Å². The number of para-hydroxylation sites is 1. The van der Waals surface area contributed by atoms with Gasteiger partial charge in [-0.1, -0.05) is 12.1 Å². The summed E-state index contributed by atoms with van der Waals surface area (Å²) in [6, 6.07) is 9.56. The van der Waals surface area contributed by atoms with Gasteiger partial charge in [0, 0.05) is 43.5 Å². The number of carbonyl (C=O) groups is 1. The smallest absolute Gasteiger partial charge is 0.258 e. The first-order chi connectivity index (χ1) is 15.5. The van der Waals surface area contributed by atoms with E-state index in [0.29, 0.717) is 17.9 Å². The number of likely N-dealkylation sites (tertiary alicyclic amines) is 1. The van der Waals surface area contributed by atoms with Crippen LogP contribution in [0.4, 0.5) is 5.82 Å². The summed E-state index contributed by atoms with van der Waals surface area (Å²) in [5.41, 5.74) is 9.46. The second kappa shape index (κ2) is 8.43. The van der Waals surface area contributed by atoms with Gasteiger partial charge in [-0.2, -0.15) is 5.10 Å². The highest BCUT2D eigenvalue weighted by Crippen LogP contribution is 2.34. The molecule has 0 saturated carbocycles. The fraction of sp³-hybridized carbons (Fsp3) is 0.458. The van der Waals surface area contributed by atoms with Crippen molar-refractivity contribution in [3.8, 4) is 5.75 Å². The molecule has 1 aromatic carbocycles. The van der Waals surface area contributed by atoms with Crippen molar-refractivity contribution in [3.63, 3.8) is 0 Å². The van der Waals surface area contributed by atoms with Crippen LogP contribution in [-0.4, -0.2) is 58.2 Å². The Morgan fingerprint density at radius 3 is 2.81 bits per heavy atom. The molecule has 1 amide bonds. The second-order valence-corrected chi connectivity index (χ2v) is 8.82. The molecule has 168 valence electrons. The van der Waals surface area contributed by atoms with Gasteiger partial charge in [-0.15, -0.1) is 0 Å². The summed E-state index contributed by atoms with van der Waals surface area (Å²) < 4.78 is 7.28. The van der Waals surface area contributed by atoms with E-state index in [1.165, 1.54) is 0 Å². The SMILES string of the molecule is COc1ccccc1C(=O)N1CCCC[C@H]1c1cc2nc(N3CC[C@H](N)C3)c(C)cn2n1. The Morgan fingerprint density at radius 1 is 1.19 bits per heavy atom. The molecule has 0 radical (unpaired) electrons. The fourth-order valence-electron chi connectivity index (χ4n) is 4.94. The number of hydrogen-bond acceptors (Lipinski definition) is 6. The highest BCUT2D eigenvalue weighted by atomic mass is 16.5. The van der Waals surface area contributed by atoms with Gasteiger partial charge in [0.05, 0.1) is 24.4 Å². The van der Waals surface area contributed by atoms with Crippen LogP contribution in [0.5, 0.6) is 5.75 Å². The zero-order valence-electron chi connectivity index (χ0n) is 18.7. The summed E-state index contributed by atoms with van der Waals surface area (Å²) in [6.45, 7) is 4.52. The molecule has 8 nitrogen and oxygen atoms in total. The Bertz CT molecular complexity index is 1140. The number of ether oxygens (including phenoxy) is 1. The van der Waals surface area contributed by atoms with Crippen LogP contribution in [0.1, 0.15) is 53.3 Å². The third-order valence-corrected chi connectivity index (χ3v) is 6.59. The first kappa shape index (κ1) is 20.8. The number of benzene rings is 1. The molecule has 4 heterocycles. The van der Waals surface area contributed by atoms with E-state index in [1.807, 2.05) is 45.9 Å². The molecule has 32 heavy (non-hydrogen) atoms. The molecule has 2 aromatic heterocycles. The molecule has 0 unspecified atom stereocenters. The van der Waals surface area contributed by atoms with Crippen LogP contribution in [0, 0.1) is 6.92 Å². The predicted molar refractivity (Wildman–Crippen MR) is 123 cm³/mol. The Kier molecular flexibility index (Phi) is 5.46. The number of piperidine rings is 1. The number of nitrogens with zero attached hydrogens (tertiary/aromatic N) is 5. The van der Waals surface area contributed by atoms with Gasteiger partial charge >= 0.3 is 0 Å². The van der Waals surface area contributed by atoms with Gasteiger partial charge in [0.15, 0.2) is 5.65 Å². The summed E-state index contributed by atoms with van der Waals surface area (Å²) in [6.07, 6.45) is 5.95. The number of fused-ring (bicyclic) bond motifs is 1. The lowest BCUT2D eigenvalue weighted by Gasteiger charge is -2.35. The standard InChI is InChI=1S/C24H30N6O2/c1-16-14-30-22(26-23(16)28-12-10-17(25)15-28)13-19(27-30)20-8-5-6-11-29(20)24(31)18-7-3-4-9-21(18)32-2/h3-4,7,9,13-14,17,20H,5-6,8,10-12,15,25H2,1-2H3/t17-,20-/m0/s1. The van der Waals surface area contributed by atoms with Crippen molar-refractivity contribution in [2.75, 3.05) is 31.6 Å². The maximum atomic E-state index is 13.5. The average molecular weight is 435 g/mol. The molecule has 2 saturated heterocycles.